The molecule has 1 saturated heterocycles. The molecule has 0 aromatic heterocycles. The van der Waals surface area contributed by atoms with Crippen LogP contribution in [0.4, 0.5) is 0 Å². The van der Waals surface area contributed by atoms with Crippen molar-refractivity contribution in [3.8, 4) is 0 Å². The SMILES string of the molecule is Cc1ccc(C)c(C(O)CN2CCCCCC2C)c1. The largest absolute Gasteiger partial charge is 0.387 e. The van der Waals surface area contributed by atoms with E-state index in [1.165, 1.54) is 36.8 Å². The molecule has 2 rings (SSSR count). The summed E-state index contributed by atoms with van der Waals surface area (Å²) in [6.07, 6.45) is 4.83. The van der Waals surface area contributed by atoms with Gasteiger partial charge in [0, 0.05) is 12.6 Å². The van der Waals surface area contributed by atoms with E-state index in [9.17, 15) is 5.11 Å². The Morgan fingerprint density at radius 1 is 1.26 bits per heavy atom. The van der Waals surface area contributed by atoms with Crippen molar-refractivity contribution in [3.63, 3.8) is 0 Å². The molecule has 2 heteroatoms. The van der Waals surface area contributed by atoms with Crippen molar-refractivity contribution in [2.24, 2.45) is 0 Å². The van der Waals surface area contributed by atoms with Crippen LogP contribution in [0.15, 0.2) is 18.2 Å². The number of benzene rings is 1. The average molecular weight is 261 g/mol. The molecule has 2 nitrogen and oxygen atoms in total. The summed E-state index contributed by atoms with van der Waals surface area (Å²) in [4.78, 5) is 2.46. The highest BCUT2D eigenvalue weighted by atomic mass is 16.3. The van der Waals surface area contributed by atoms with Crippen LogP contribution < -0.4 is 0 Å². The van der Waals surface area contributed by atoms with Gasteiger partial charge in [0.15, 0.2) is 0 Å². The maximum absolute atomic E-state index is 10.5. The Bertz CT molecular complexity index is 416. The quantitative estimate of drug-likeness (QED) is 0.898. The van der Waals surface area contributed by atoms with E-state index in [0.29, 0.717) is 6.04 Å². The highest BCUT2D eigenvalue weighted by Crippen LogP contribution is 2.23. The van der Waals surface area contributed by atoms with Crippen molar-refractivity contribution < 1.29 is 5.11 Å². The van der Waals surface area contributed by atoms with Crippen molar-refractivity contribution in [1.82, 2.24) is 4.90 Å². The van der Waals surface area contributed by atoms with E-state index < -0.39 is 0 Å². The molecular weight excluding hydrogens is 234 g/mol. The summed E-state index contributed by atoms with van der Waals surface area (Å²) >= 11 is 0. The van der Waals surface area contributed by atoms with E-state index in [4.69, 9.17) is 0 Å². The van der Waals surface area contributed by atoms with Gasteiger partial charge in [0.25, 0.3) is 0 Å². The highest BCUT2D eigenvalue weighted by Gasteiger charge is 2.21. The molecule has 2 unspecified atom stereocenters. The Kier molecular flexibility index (Phi) is 5.00. The Labute approximate surface area is 117 Å². The molecule has 1 N–H and O–H groups in total. The van der Waals surface area contributed by atoms with Crippen LogP contribution >= 0.6 is 0 Å². The second kappa shape index (κ2) is 6.53. The molecule has 0 amide bonds. The van der Waals surface area contributed by atoms with Crippen LogP contribution in [0.2, 0.25) is 0 Å². The van der Waals surface area contributed by atoms with Gasteiger partial charge in [-0.05, 0) is 51.3 Å². The van der Waals surface area contributed by atoms with Crippen molar-refractivity contribution >= 4 is 0 Å². The Morgan fingerprint density at radius 2 is 2.05 bits per heavy atom. The zero-order valence-electron chi connectivity index (χ0n) is 12.5. The molecule has 1 aliphatic rings. The number of β-amino-alcohol motifs (C(OH)–C–C–N with tert-alkyl or cyclic N) is 1. The fourth-order valence-electron chi connectivity index (χ4n) is 3.04. The monoisotopic (exact) mass is 261 g/mol. The predicted octanol–water partition coefficient (Wildman–Crippen LogP) is 3.60. The van der Waals surface area contributed by atoms with Crippen molar-refractivity contribution in [2.45, 2.75) is 58.6 Å². The van der Waals surface area contributed by atoms with E-state index in [2.05, 4.69) is 43.9 Å². The fourth-order valence-corrected chi connectivity index (χ4v) is 3.04. The molecule has 1 fully saturated rings. The number of nitrogens with zero attached hydrogens (tertiary/aromatic N) is 1. The van der Waals surface area contributed by atoms with Crippen LogP contribution in [0.3, 0.4) is 0 Å². The van der Waals surface area contributed by atoms with E-state index in [0.717, 1.165) is 18.7 Å². The molecule has 0 spiro atoms. The zero-order valence-corrected chi connectivity index (χ0v) is 12.5. The highest BCUT2D eigenvalue weighted by molar-refractivity contribution is 5.32. The fraction of sp³-hybridized carbons (Fsp3) is 0.647. The molecular formula is C17H27NO. The van der Waals surface area contributed by atoms with Crippen LogP contribution in [0.1, 0.15) is 55.4 Å². The van der Waals surface area contributed by atoms with Gasteiger partial charge in [0.2, 0.25) is 0 Å². The summed E-state index contributed by atoms with van der Waals surface area (Å²) in [5.74, 6) is 0. The summed E-state index contributed by atoms with van der Waals surface area (Å²) in [7, 11) is 0. The van der Waals surface area contributed by atoms with Crippen LogP contribution in [0, 0.1) is 13.8 Å². The number of likely N-dealkylation sites (tertiary alicyclic amines) is 1. The smallest absolute Gasteiger partial charge is 0.0919 e. The van der Waals surface area contributed by atoms with Crippen molar-refractivity contribution in [1.29, 1.82) is 0 Å². The first-order valence-corrected chi connectivity index (χ1v) is 7.57. The van der Waals surface area contributed by atoms with E-state index in [-0.39, 0.29) is 6.10 Å². The lowest BCUT2D eigenvalue weighted by molar-refractivity contribution is 0.0924. The molecule has 0 bridgehead atoms. The molecule has 19 heavy (non-hydrogen) atoms. The molecule has 0 radical (unpaired) electrons. The number of rotatable bonds is 3. The van der Waals surface area contributed by atoms with Gasteiger partial charge in [-0.3, -0.25) is 4.90 Å². The van der Waals surface area contributed by atoms with Gasteiger partial charge in [0.05, 0.1) is 6.10 Å². The number of hydrogen-bond acceptors (Lipinski definition) is 2. The van der Waals surface area contributed by atoms with E-state index in [1.54, 1.807) is 0 Å². The standard InChI is InChI=1S/C17H27NO/c1-13-8-9-14(2)16(11-13)17(19)12-18-10-6-4-5-7-15(18)3/h8-9,11,15,17,19H,4-7,10,12H2,1-3H3. The normalized spacial score (nSPS) is 23.1. The van der Waals surface area contributed by atoms with Crippen molar-refractivity contribution in [2.75, 3.05) is 13.1 Å². The Morgan fingerprint density at radius 3 is 2.84 bits per heavy atom. The lowest BCUT2D eigenvalue weighted by atomic mass is 10.00. The molecule has 2 atom stereocenters. The first-order valence-electron chi connectivity index (χ1n) is 7.57. The first kappa shape index (κ1) is 14.5. The van der Waals surface area contributed by atoms with Gasteiger partial charge in [-0.15, -0.1) is 0 Å². The third kappa shape index (κ3) is 3.80. The molecule has 0 saturated carbocycles. The van der Waals surface area contributed by atoms with Crippen LogP contribution in [0.5, 0.6) is 0 Å². The number of aliphatic hydroxyl groups is 1. The third-order valence-corrected chi connectivity index (χ3v) is 4.39. The Balaban J connectivity index is 2.06. The molecule has 1 aromatic carbocycles. The Hall–Kier alpha value is -0.860. The van der Waals surface area contributed by atoms with Gasteiger partial charge >= 0.3 is 0 Å². The van der Waals surface area contributed by atoms with Crippen LogP contribution in [-0.2, 0) is 0 Å². The minimum absolute atomic E-state index is 0.361. The molecule has 0 aliphatic carbocycles. The number of aryl methyl sites for hydroxylation is 2. The number of aliphatic hydroxyl groups excluding tert-OH is 1. The summed E-state index contributed by atoms with van der Waals surface area (Å²) in [6, 6.07) is 6.95. The van der Waals surface area contributed by atoms with Crippen LogP contribution in [0.25, 0.3) is 0 Å². The predicted molar refractivity (Wildman–Crippen MR) is 80.4 cm³/mol. The first-order chi connectivity index (χ1) is 9.08. The maximum atomic E-state index is 10.5. The molecule has 1 heterocycles. The van der Waals surface area contributed by atoms with E-state index in [1.807, 2.05) is 0 Å². The summed E-state index contributed by atoms with van der Waals surface area (Å²) < 4.78 is 0. The summed E-state index contributed by atoms with van der Waals surface area (Å²) in [6.45, 7) is 8.36. The van der Waals surface area contributed by atoms with E-state index >= 15 is 0 Å². The molecule has 1 aliphatic heterocycles. The topological polar surface area (TPSA) is 23.5 Å². The minimum Gasteiger partial charge on any atom is -0.387 e. The van der Waals surface area contributed by atoms with Gasteiger partial charge in [0.1, 0.15) is 0 Å². The second-order valence-corrected chi connectivity index (χ2v) is 6.07. The summed E-state index contributed by atoms with van der Waals surface area (Å²) in [5.41, 5.74) is 3.51. The van der Waals surface area contributed by atoms with Gasteiger partial charge < -0.3 is 5.11 Å². The van der Waals surface area contributed by atoms with Gasteiger partial charge in [-0.2, -0.15) is 0 Å². The van der Waals surface area contributed by atoms with Gasteiger partial charge in [-0.1, -0.05) is 36.6 Å². The minimum atomic E-state index is -0.361. The lowest BCUT2D eigenvalue weighted by Gasteiger charge is -2.29. The van der Waals surface area contributed by atoms with Gasteiger partial charge in [-0.25, -0.2) is 0 Å². The van der Waals surface area contributed by atoms with Crippen molar-refractivity contribution in [3.05, 3.63) is 34.9 Å². The molecule has 1 aromatic rings. The maximum Gasteiger partial charge on any atom is 0.0919 e. The third-order valence-electron chi connectivity index (χ3n) is 4.39. The van der Waals surface area contributed by atoms with Crippen LogP contribution in [-0.4, -0.2) is 29.1 Å². The summed E-state index contributed by atoms with van der Waals surface area (Å²) in [5, 5.41) is 10.5. The average Bonchev–Trinajstić information content (AvgIpc) is 2.58. The lowest BCUT2D eigenvalue weighted by Crippen LogP contribution is -2.36. The molecule has 106 valence electrons. The number of hydrogen-bond donors (Lipinski definition) is 1. The second-order valence-electron chi connectivity index (χ2n) is 6.07. The zero-order chi connectivity index (χ0) is 13.8.